The van der Waals surface area contributed by atoms with Crippen LogP contribution in [0.25, 0.3) is 11.2 Å². The summed E-state index contributed by atoms with van der Waals surface area (Å²) in [6.07, 6.45) is 1.39. The zero-order valence-corrected chi connectivity index (χ0v) is 10.7. The van der Waals surface area contributed by atoms with Gasteiger partial charge in [0.1, 0.15) is 12.1 Å². The number of nitrogen functional groups attached to an aromatic ring is 1. The van der Waals surface area contributed by atoms with E-state index in [-0.39, 0.29) is 5.82 Å². The molecule has 0 bridgehead atoms. The summed E-state index contributed by atoms with van der Waals surface area (Å²) >= 11 is 0. The lowest BCUT2D eigenvalue weighted by Gasteiger charge is -2.06. The van der Waals surface area contributed by atoms with Crippen molar-refractivity contribution in [1.82, 2.24) is 19.5 Å². The molecule has 2 aromatic heterocycles. The molecule has 0 amide bonds. The number of imidazole rings is 1. The Morgan fingerprint density at radius 3 is 2.70 bits per heavy atom. The molecule has 3 rings (SSSR count). The van der Waals surface area contributed by atoms with Crippen molar-refractivity contribution < 1.29 is 9.13 Å². The number of nitrogens with two attached hydrogens (primary N) is 1. The first-order valence-corrected chi connectivity index (χ1v) is 5.94. The topological polar surface area (TPSA) is 78.8 Å². The van der Waals surface area contributed by atoms with Gasteiger partial charge < -0.3 is 10.5 Å². The molecule has 0 unspecified atom stereocenters. The van der Waals surface area contributed by atoms with Crippen LogP contribution >= 0.6 is 0 Å². The van der Waals surface area contributed by atoms with Crippen LogP contribution in [0.5, 0.6) is 5.88 Å². The van der Waals surface area contributed by atoms with Gasteiger partial charge in [-0.05, 0) is 17.7 Å². The number of aromatic nitrogens is 4. The third-order valence-corrected chi connectivity index (χ3v) is 2.98. The average molecular weight is 273 g/mol. The van der Waals surface area contributed by atoms with E-state index in [0.717, 1.165) is 5.56 Å². The first-order chi connectivity index (χ1) is 9.69. The lowest BCUT2D eigenvalue weighted by molar-refractivity contribution is 0.401. The van der Waals surface area contributed by atoms with Crippen LogP contribution in [0.1, 0.15) is 5.56 Å². The number of benzene rings is 1. The van der Waals surface area contributed by atoms with Crippen LogP contribution in [0, 0.1) is 5.82 Å². The van der Waals surface area contributed by atoms with E-state index >= 15 is 0 Å². The first-order valence-electron chi connectivity index (χ1n) is 5.94. The highest BCUT2D eigenvalue weighted by Crippen LogP contribution is 2.23. The van der Waals surface area contributed by atoms with Gasteiger partial charge in [0.25, 0.3) is 0 Å². The van der Waals surface area contributed by atoms with Crippen LogP contribution in [-0.4, -0.2) is 26.6 Å². The summed E-state index contributed by atoms with van der Waals surface area (Å²) in [5.74, 6) is 0.406. The maximum atomic E-state index is 12.9. The summed E-state index contributed by atoms with van der Waals surface area (Å²) in [4.78, 5) is 12.4. The summed E-state index contributed by atoms with van der Waals surface area (Å²) in [7, 11) is 1.51. The Balaban J connectivity index is 2.07. The maximum absolute atomic E-state index is 12.9. The predicted molar refractivity (Wildman–Crippen MR) is 71.8 cm³/mol. The number of anilines is 1. The van der Waals surface area contributed by atoms with Gasteiger partial charge >= 0.3 is 0 Å². The van der Waals surface area contributed by atoms with E-state index in [1.54, 1.807) is 16.7 Å². The molecule has 102 valence electrons. The molecule has 0 saturated heterocycles. The molecule has 0 radical (unpaired) electrons. The highest BCUT2D eigenvalue weighted by molar-refractivity contribution is 5.79. The Morgan fingerprint density at radius 1 is 1.25 bits per heavy atom. The summed E-state index contributed by atoms with van der Waals surface area (Å²) in [6, 6.07) is 6.19. The third-order valence-electron chi connectivity index (χ3n) is 2.98. The number of methoxy groups -OCH3 is 1. The molecule has 0 atom stereocenters. The minimum Gasteiger partial charge on any atom is -0.479 e. The van der Waals surface area contributed by atoms with Gasteiger partial charge in [-0.3, -0.25) is 4.57 Å². The van der Waals surface area contributed by atoms with E-state index in [0.29, 0.717) is 29.5 Å². The standard InChI is InChI=1S/C13H12FN5O/c1-20-12-10-11(16-7-17-12)19(13(15)18-10)6-8-2-4-9(14)5-3-8/h2-5,7H,6H2,1H3,(H2,15,18). The van der Waals surface area contributed by atoms with Gasteiger partial charge in [-0.25, -0.2) is 14.4 Å². The van der Waals surface area contributed by atoms with Crippen LogP contribution in [0.4, 0.5) is 10.3 Å². The highest BCUT2D eigenvalue weighted by Gasteiger charge is 2.14. The predicted octanol–water partition coefficient (Wildman–Crippen LogP) is 1.60. The second kappa shape index (κ2) is 4.76. The third kappa shape index (κ3) is 2.03. The number of ether oxygens (including phenoxy) is 1. The van der Waals surface area contributed by atoms with Gasteiger partial charge in [-0.15, -0.1) is 0 Å². The Morgan fingerprint density at radius 2 is 2.00 bits per heavy atom. The summed E-state index contributed by atoms with van der Waals surface area (Å²) < 4.78 is 19.8. The van der Waals surface area contributed by atoms with Crippen LogP contribution < -0.4 is 10.5 Å². The van der Waals surface area contributed by atoms with E-state index in [2.05, 4.69) is 15.0 Å². The van der Waals surface area contributed by atoms with Gasteiger partial charge in [-0.1, -0.05) is 12.1 Å². The van der Waals surface area contributed by atoms with Crippen molar-refractivity contribution in [3.63, 3.8) is 0 Å². The molecule has 0 fully saturated rings. The molecule has 7 heteroatoms. The average Bonchev–Trinajstić information content (AvgIpc) is 2.77. The number of hydrogen-bond acceptors (Lipinski definition) is 5. The Hall–Kier alpha value is -2.70. The normalized spacial score (nSPS) is 10.9. The van der Waals surface area contributed by atoms with E-state index < -0.39 is 0 Å². The molecular weight excluding hydrogens is 261 g/mol. The van der Waals surface area contributed by atoms with Crippen LogP contribution in [0.2, 0.25) is 0 Å². The molecule has 20 heavy (non-hydrogen) atoms. The van der Waals surface area contributed by atoms with Gasteiger partial charge in [0.05, 0.1) is 13.7 Å². The lowest BCUT2D eigenvalue weighted by Crippen LogP contribution is -2.05. The molecule has 0 spiro atoms. The van der Waals surface area contributed by atoms with Gasteiger partial charge in [0, 0.05) is 0 Å². The number of rotatable bonds is 3. The van der Waals surface area contributed by atoms with Crippen molar-refractivity contribution in [2.24, 2.45) is 0 Å². The van der Waals surface area contributed by atoms with E-state index in [4.69, 9.17) is 10.5 Å². The Kier molecular flexibility index (Phi) is 2.94. The SMILES string of the molecule is COc1ncnc2c1nc(N)n2Cc1ccc(F)cc1. The fourth-order valence-electron chi connectivity index (χ4n) is 2.01. The van der Waals surface area contributed by atoms with Crippen LogP contribution in [0.3, 0.4) is 0 Å². The van der Waals surface area contributed by atoms with Crippen LogP contribution in [0.15, 0.2) is 30.6 Å². The molecule has 3 aromatic rings. The van der Waals surface area contributed by atoms with Crippen molar-refractivity contribution in [3.05, 3.63) is 42.0 Å². The van der Waals surface area contributed by atoms with Gasteiger partial charge in [0.2, 0.25) is 11.8 Å². The van der Waals surface area contributed by atoms with E-state index in [1.807, 2.05) is 0 Å². The maximum Gasteiger partial charge on any atom is 0.245 e. The zero-order chi connectivity index (χ0) is 14.1. The monoisotopic (exact) mass is 273 g/mol. The first kappa shape index (κ1) is 12.3. The second-order valence-electron chi connectivity index (χ2n) is 4.24. The number of fused-ring (bicyclic) bond motifs is 1. The zero-order valence-electron chi connectivity index (χ0n) is 10.7. The molecule has 6 nitrogen and oxygen atoms in total. The molecule has 0 aliphatic heterocycles. The van der Waals surface area contributed by atoms with E-state index in [9.17, 15) is 4.39 Å². The summed E-state index contributed by atoms with van der Waals surface area (Å²) in [5.41, 5.74) is 7.90. The highest BCUT2D eigenvalue weighted by atomic mass is 19.1. The van der Waals surface area contributed by atoms with Crippen molar-refractivity contribution in [1.29, 1.82) is 0 Å². The minimum atomic E-state index is -0.277. The Bertz CT molecular complexity index is 753. The van der Waals surface area contributed by atoms with E-state index in [1.165, 1.54) is 25.6 Å². The van der Waals surface area contributed by atoms with Crippen LogP contribution in [-0.2, 0) is 6.54 Å². The second-order valence-corrected chi connectivity index (χ2v) is 4.24. The Labute approximate surface area is 114 Å². The summed E-state index contributed by atoms with van der Waals surface area (Å²) in [6.45, 7) is 0.447. The number of halogens is 1. The van der Waals surface area contributed by atoms with Gasteiger partial charge in [-0.2, -0.15) is 4.98 Å². The van der Waals surface area contributed by atoms with Crippen molar-refractivity contribution >= 4 is 17.1 Å². The molecular formula is C13H12FN5O. The van der Waals surface area contributed by atoms with Gasteiger partial charge in [0.15, 0.2) is 11.2 Å². The minimum absolute atomic E-state index is 0.277. The number of hydrogen-bond donors (Lipinski definition) is 1. The number of nitrogens with zero attached hydrogens (tertiary/aromatic N) is 4. The molecule has 0 saturated carbocycles. The largest absolute Gasteiger partial charge is 0.479 e. The molecule has 1 aromatic carbocycles. The fraction of sp³-hybridized carbons (Fsp3) is 0.154. The quantitative estimate of drug-likeness (QED) is 0.784. The van der Waals surface area contributed by atoms with Crippen molar-refractivity contribution in [2.75, 3.05) is 12.8 Å². The molecule has 2 heterocycles. The smallest absolute Gasteiger partial charge is 0.245 e. The molecule has 0 aliphatic rings. The molecule has 2 N–H and O–H groups in total. The van der Waals surface area contributed by atoms with Crippen molar-refractivity contribution in [2.45, 2.75) is 6.54 Å². The lowest BCUT2D eigenvalue weighted by atomic mass is 10.2. The molecule has 0 aliphatic carbocycles. The van der Waals surface area contributed by atoms with Crippen molar-refractivity contribution in [3.8, 4) is 5.88 Å². The fourth-order valence-corrected chi connectivity index (χ4v) is 2.01. The summed E-state index contributed by atoms with van der Waals surface area (Å²) in [5, 5.41) is 0.